The second-order valence-electron chi connectivity index (χ2n) is 6.46. The molecule has 8 heteroatoms. The molecule has 2 unspecified atom stereocenters. The second-order valence-corrected chi connectivity index (χ2v) is 6.89. The highest BCUT2D eigenvalue weighted by Gasteiger charge is 2.22. The van der Waals surface area contributed by atoms with Crippen molar-refractivity contribution >= 4 is 41.5 Å². The molecule has 2 saturated heterocycles. The summed E-state index contributed by atoms with van der Waals surface area (Å²) in [6.45, 7) is 5.46. The summed E-state index contributed by atoms with van der Waals surface area (Å²) >= 11 is 6.03. The molecule has 0 amide bonds. The predicted molar refractivity (Wildman–Crippen MR) is 115 cm³/mol. The zero-order valence-electron chi connectivity index (χ0n) is 14.9. The molecule has 0 bridgehead atoms. The first-order valence-corrected chi connectivity index (χ1v) is 9.33. The Morgan fingerprint density at radius 3 is 2.65 bits per heavy atom. The summed E-state index contributed by atoms with van der Waals surface area (Å²) in [5.74, 6) is 0.475. The minimum atomic E-state index is 0. The average Bonchev–Trinajstić information content (AvgIpc) is 3.16. The van der Waals surface area contributed by atoms with Crippen molar-refractivity contribution in [1.82, 2.24) is 10.2 Å². The Bertz CT molecular complexity index is 561. The quantitative estimate of drug-likeness (QED) is 0.361. The van der Waals surface area contributed by atoms with Gasteiger partial charge in [-0.3, -0.25) is 9.89 Å². The molecule has 26 heavy (non-hydrogen) atoms. The molecule has 0 saturated carbocycles. The minimum Gasteiger partial charge on any atom is -0.379 e. The van der Waals surface area contributed by atoms with Gasteiger partial charge < -0.3 is 20.5 Å². The van der Waals surface area contributed by atoms with Gasteiger partial charge in [0.05, 0.1) is 31.9 Å². The smallest absolute Gasteiger partial charge is 0.188 e. The number of guanidine groups is 1. The number of hydrogen-bond acceptors (Lipinski definition) is 4. The van der Waals surface area contributed by atoms with Gasteiger partial charge >= 0.3 is 0 Å². The van der Waals surface area contributed by atoms with Crippen LogP contribution in [0.1, 0.15) is 24.4 Å². The van der Waals surface area contributed by atoms with Gasteiger partial charge in [-0.25, -0.2) is 0 Å². The van der Waals surface area contributed by atoms with Crippen molar-refractivity contribution in [2.75, 3.05) is 46.0 Å². The van der Waals surface area contributed by atoms with E-state index in [0.29, 0.717) is 12.5 Å². The minimum absolute atomic E-state index is 0. The fourth-order valence-corrected chi connectivity index (χ4v) is 3.40. The van der Waals surface area contributed by atoms with E-state index in [-0.39, 0.29) is 36.1 Å². The standard InChI is InChI=1S/C18H27ClN4O2.HI/c19-15-5-3-14(4-6-15)17(23-7-10-24-11-8-23)13-22-18(20)21-12-16-2-1-9-25-16;/h3-6,16-17H,1-2,7-13H2,(H3,20,21,22);1H. The highest BCUT2D eigenvalue weighted by Crippen LogP contribution is 2.24. The van der Waals surface area contributed by atoms with Crippen LogP contribution in [-0.2, 0) is 9.47 Å². The lowest BCUT2D eigenvalue weighted by Crippen LogP contribution is -2.41. The van der Waals surface area contributed by atoms with Crippen LogP contribution in [0, 0.1) is 0 Å². The molecule has 3 N–H and O–H groups in total. The first-order valence-electron chi connectivity index (χ1n) is 8.95. The fourth-order valence-electron chi connectivity index (χ4n) is 3.27. The van der Waals surface area contributed by atoms with E-state index >= 15 is 0 Å². The van der Waals surface area contributed by atoms with Crippen LogP contribution in [-0.4, -0.2) is 63.0 Å². The molecule has 0 aliphatic carbocycles. The lowest BCUT2D eigenvalue weighted by molar-refractivity contribution is 0.0180. The van der Waals surface area contributed by atoms with E-state index < -0.39 is 0 Å². The Kier molecular flexibility index (Phi) is 9.41. The summed E-state index contributed by atoms with van der Waals surface area (Å²) < 4.78 is 11.1. The second kappa shape index (κ2) is 11.3. The van der Waals surface area contributed by atoms with Gasteiger partial charge in [0.25, 0.3) is 0 Å². The molecule has 2 aliphatic heterocycles. The topological polar surface area (TPSA) is 72.1 Å². The molecule has 2 heterocycles. The molecule has 146 valence electrons. The maximum Gasteiger partial charge on any atom is 0.188 e. The van der Waals surface area contributed by atoms with Gasteiger partial charge in [0.15, 0.2) is 5.96 Å². The summed E-state index contributed by atoms with van der Waals surface area (Å²) in [4.78, 5) is 6.96. The number of ether oxygens (including phenoxy) is 2. The zero-order valence-corrected chi connectivity index (χ0v) is 18.0. The van der Waals surface area contributed by atoms with Crippen molar-refractivity contribution < 1.29 is 9.47 Å². The average molecular weight is 495 g/mol. The number of aliphatic imine (C=N–C) groups is 1. The van der Waals surface area contributed by atoms with Gasteiger partial charge in [-0.2, -0.15) is 0 Å². The Labute approximate surface area is 177 Å². The van der Waals surface area contributed by atoms with E-state index in [2.05, 4.69) is 27.3 Å². The Balaban J connectivity index is 0.00000243. The first-order chi connectivity index (χ1) is 12.2. The van der Waals surface area contributed by atoms with Crippen LogP contribution in [0.2, 0.25) is 5.02 Å². The summed E-state index contributed by atoms with van der Waals surface area (Å²) in [6, 6.07) is 8.14. The van der Waals surface area contributed by atoms with Crippen molar-refractivity contribution in [3.05, 3.63) is 34.9 Å². The van der Waals surface area contributed by atoms with E-state index in [1.807, 2.05) is 12.1 Å². The van der Waals surface area contributed by atoms with Crippen molar-refractivity contribution in [2.45, 2.75) is 25.0 Å². The monoisotopic (exact) mass is 494 g/mol. The van der Waals surface area contributed by atoms with Crippen LogP contribution in [0.5, 0.6) is 0 Å². The normalized spacial score (nSPS) is 22.7. The van der Waals surface area contributed by atoms with Crippen molar-refractivity contribution in [1.29, 1.82) is 0 Å². The summed E-state index contributed by atoms with van der Waals surface area (Å²) in [5.41, 5.74) is 7.25. The molecule has 1 aromatic rings. The van der Waals surface area contributed by atoms with Crippen LogP contribution in [0.15, 0.2) is 29.3 Å². The molecular weight excluding hydrogens is 467 g/mol. The fraction of sp³-hybridized carbons (Fsp3) is 0.611. The maximum absolute atomic E-state index is 6.05. The summed E-state index contributed by atoms with van der Waals surface area (Å²) in [5, 5.41) is 3.92. The van der Waals surface area contributed by atoms with Gasteiger partial charge in [-0.05, 0) is 30.5 Å². The van der Waals surface area contributed by atoms with Gasteiger partial charge in [0, 0.05) is 31.3 Å². The van der Waals surface area contributed by atoms with Crippen LogP contribution in [0.3, 0.4) is 0 Å². The Hall–Kier alpha value is -0.610. The van der Waals surface area contributed by atoms with E-state index in [0.717, 1.165) is 57.3 Å². The number of morpholine rings is 1. The van der Waals surface area contributed by atoms with Crippen LogP contribution in [0.4, 0.5) is 0 Å². The molecule has 0 radical (unpaired) electrons. The number of halogens is 2. The van der Waals surface area contributed by atoms with Gasteiger partial charge in [-0.1, -0.05) is 23.7 Å². The molecule has 6 nitrogen and oxygen atoms in total. The number of nitrogens with two attached hydrogens (primary N) is 1. The molecule has 2 atom stereocenters. The largest absolute Gasteiger partial charge is 0.379 e. The van der Waals surface area contributed by atoms with E-state index in [9.17, 15) is 0 Å². The third-order valence-electron chi connectivity index (χ3n) is 4.71. The number of benzene rings is 1. The zero-order chi connectivity index (χ0) is 17.5. The molecule has 1 aromatic carbocycles. The molecule has 3 rings (SSSR count). The Morgan fingerprint density at radius 2 is 2.00 bits per heavy atom. The summed E-state index contributed by atoms with van der Waals surface area (Å²) in [7, 11) is 0. The molecule has 0 aromatic heterocycles. The number of nitrogens with zero attached hydrogens (tertiary/aromatic N) is 2. The number of nitrogens with one attached hydrogen (secondary N) is 1. The molecule has 2 aliphatic rings. The molecular formula is C18H28ClIN4O2. The third kappa shape index (κ3) is 6.53. The van der Waals surface area contributed by atoms with Gasteiger partial charge in [0.2, 0.25) is 0 Å². The highest BCUT2D eigenvalue weighted by atomic mass is 127. The van der Waals surface area contributed by atoms with E-state index in [1.165, 1.54) is 5.56 Å². The van der Waals surface area contributed by atoms with Crippen molar-refractivity contribution in [3.63, 3.8) is 0 Å². The first kappa shape index (κ1) is 21.7. The van der Waals surface area contributed by atoms with Crippen molar-refractivity contribution in [2.24, 2.45) is 10.7 Å². The van der Waals surface area contributed by atoms with E-state index in [1.54, 1.807) is 0 Å². The number of rotatable bonds is 6. The molecule has 2 fully saturated rings. The third-order valence-corrected chi connectivity index (χ3v) is 4.96. The van der Waals surface area contributed by atoms with E-state index in [4.69, 9.17) is 26.8 Å². The van der Waals surface area contributed by atoms with Crippen molar-refractivity contribution in [3.8, 4) is 0 Å². The van der Waals surface area contributed by atoms with Crippen LogP contribution < -0.4 is 11.1 Å². The van der Waals surface area contributed by atoms with Gasteiger partial charge in [-0.15, -0.1) is 24.0 Å². The predicted octanol–water partition coefficient (Wildman–Crippen LogP) is 2.41. The summed E-state index contributed by atoms with van der Waals surface area (Å²) in [6.07, 6.45) is 2.46. The Morgan fingerprint density at radius 1 is 1.27 bits per heavy atom. The maximum atomic E-state index is 6.05. The molecule has 0 spiro atoms. The lowest BCUT2D eigenvalue weighted by Gasteiger charge is -2.34. The number of hydrogen-bond donors (Lipinski definition) is 2. The van der Waals surface area contributed by atoms with Crippen LogP contribution in [0.25, 0.3) is 0 Å². The lowest BCUT2D eigenvalue weighted by atomic mass is 10.0. The van der Waals surface area contributed by atoms with Crippen LogP contribution >= 0.6 is 35.6 Å². The van der Waals surface area contributed by atoms with Gasteiger partial charge in [0.1, 0.15) is 0 Å². The SMILES string of the molecule is I.NC(=NCC(c1ccc(Cl)cc1)N1CCOCC1)NCC1CCCO1. The highest BCUT2D eigenvalue weighted by molar-refractivity contribution is 14.0.